The summed E-state index contributed by atoms with van der Waals surface area (Å²) < 4.78 is 5.77. The summed E-state index contributed by atoms with van der Waals surface area (Å²) in [5.74, 6) is 0.293. The predicted molar refractivity (Wildman–Crippen MR) is 87.1 cm³/mol. The molecule has 3 aliphatic rings. The first kappa shape index (κ1) is 16.6. The molecule has 3 saturated heterocycles. The van der Waals surface area contributed by atoms with E-state index in [0.717, 1.165) is 71.3 Å². The van der Waals surface area contributed by atoms with Gasteiger partial charge in [-0.2, -0.15) is 0 Å². The van der Waals surface area contributed by atoms with Gasteiger partial charge in [-0.05, 0) is 38.5 Å². The van der Waals surface area contributed by atoms with Gasteiger partial charge in [0.1, 0.15) is 0 Å². The Morgan fingerprint density at radius 2 is 2.00 bits per heavy atom. The van der Waals surface area contributed by atoms with E-state index >= 15 is 0 Å². The molecule has 6 heteroatoms. The molecule has 0 aromatic heterocycles. The number of ether oxygens (including phenoxy) is 1. The van der Waals surface area contributed by atoms with Crippen LogP contribution in [0, 0.1) is 5.92 Å². The Labute approximate surface area is 138 Å². The second kappa shape index (κ2) is 7.51. The first-order valence-corrected chi connectivity index (χ1v) is 9.15. The summed E-state index contributed by atoms with van der Waals surface area (Å²) in [6.07, 6.45) is 5.72. The SMILES string of the molecule is CC[C@H]1OCCC[C@H]1C(=O)N1CCC(N2CCCNC2=O)CC1. The van der Waals surface area contributed by atoms with E-state index in [1.54, 1.807) is 0 Å². The molecule has 3 heterocycles. The molecule has 1 N–H and O–H groups in total. The molecule has 2 atom stereocenters. The van der Waals surface area contributed by atoms with E-state index in [1.165, 1.54) is 0 Å². The lowest BCUT2D eigenvalue weighted by Crippen LogP contribution is -2.55. The van der Waals surface area contributed by atoms with Crippen molar-refractivity contribution in [3.8, 4) is 0 Å². The quantitative estimate of drug-likeness (QED) is 0.858. The Morgan fingerprint density at radius 1 is 1.22 bits per heavy atom. The van der Waals surface area contributed by atoms with Crippen LogP contribution in [0.3, 0.4) is 0 Å². The fraction of sp³-hybridized carbons (Fsp3) is 0.882. The predicted octanol–water partition coefficient (Wildman–Crippen LogP) is 1.60. The minimum Gasteiger partial charge on any atom is -0.377 e. The zero-order valence-corrected chi connectivity index (χ0v) is 14.1. The lowest BCUT2D eigenvalue weighted by molar-refractivity contribution is -0.146. The molecular weight excluding hydrogens is 294 g/mol. The normalized spacial score (nSPS) is 30.2. The van der Waals surface area contributed by atoms with E-state index in [9.17, 15) is 9.59 Å². The van der Waals surface area contributed by atoms with Gasteiger partial charge in [-0.1, -0.05) is 6.92 Å². The third-order valence-corrected chi connectivity index (χ3v) is 5.49. The van der Waals surface area contributed by atoms with Crippen molar-refractivity contribution in [1.29, 1.82) is 0 Å². The molecule has 0 unspecified atom stereocenters. The van der Waals surface area contributed by atoms with Crippen LogP contribution >= 0.6 is 0 Å². The molecule has 3 rings (SSSR count). The lowest BCUT2D eigenvalue weighted by Gasteiger charge is -2.42. The number of nitrogens with zero attached hydrogens (tertiary/aromatic N) is 2. The third-order valence-electron chi connectivity index (χ3n) is 5.49. The van der Waals surface area contributed by atoms with Gasteiger partial charge in [-0.25, -0.2) is 4.79 Å². The Bertz CT molecular complexity index is 435. The van der Waals surface area contributed by atoms with Crippen molar-refractivity contribution in [3.63, 3.8) is 0 Å². The average molecular weight is 323 g/mol. The molecule has 0 saturated carbocycles. The first-order valence-electron chi connectivity index (χ1n) is 9.15. The summed E-state index contributed by atoms with van der Waals surface area (Å²) in [5.41, 5.74) is 0. The number of likely N-dealkylation sites (tertiary alicyclic amines) is 1. The molecule has 3 fully saturated rings. The maximum Gasteiger partial charge on any atom is 0.317 e. The number of rotatable bonds is 3. The van der Waals surface area contributed by atoms with Crippen LogP contribution in [-0.2, 0) is 9.53 Å². The highest BCUT2D eigenvalue weighted by molar-refractivity contribution is 5.80. The monoisotopic (exact) mass is 323 g/mol. The van der Waals surface area contributed by atoms with Crippen LogP contribution in [0.4, 0.5) is 4.79 Å². The van der Waals surface area contributed by atoms with Gasteiger partial charge in [0.25, 0.3) is 0 Å². The number of hydrogen-bond acceptors (Lipinski definition) is 3. The Kier molecular flexibility index (Phi) is 5.41. The summed E-state index contributed by atoms with van der Waals surface area (Å²) in [7, 11) is 0. The van der Waals surface area contributed by atoms with E-state index < -0.39 is 0 Å². The van der Waals surface area contributed by atoms with Crippen LogP contribution in [0.15, 0.2) is 0 Å². The van der Waals surface area contributed by atoms with Crippen LogP contribution in [0.25, 0.3) is 0 Å². The molecule has 0 radical (unpaired) electrons. The largest absolute Gasteiger partial charge is 0.377 e. The van der Waals surface area contributed by atoms with Crippen molar-refractivity contribution in [2.45, 2.75) is 57.6 Å². The van der Waals surface area contributed by atoms with Gasteiger partial charge >= 0.3 is 6.03 Å². The minimum atomic E-state index is 0.0311. The van der Waals surface area contributed by atoms with Gasteiger partial charge in [0.05, 0.1) is 12.0 Å². The highest BCUT2D eigenvalue weighted by Crippen LogP contribution is 2.27. The lowest BCUT2D eigenvalue weighted by atomic mass is 9.90. The molecule has 0 spiro atoms. The van der Waals surface area contributed by atoms with Gasteiger partial charge in [-0.15, -0.1) is 0 Å². The highest BCUT2D eigenvalue weighted by atomic mass is 16.5. The third kappa shape index (κ3) is 3.62. The topological polar surface area (TPSA) is 61.9 Å². The fourth-order valence-electron chi connectivity index (χ4n) is 4.15. The summed E-state index contributed by atoms with van der Waals surface area (Å²) in [6.45, 7) is 6.04. The molecule has 130 valence electrons. The van der Waals surface area contributed by atoms with E-state index in [2.05, 4.69) is 12.2 Å². The molecule has 0 aromatic carbocycles. The second-order valence-electron chi connectivity index (χ2n) is 6.90. The number of urea groups is 1. The van der Waals surface area contributed by atoms with Crippen molar-refractivity contribution in [3.05, 3.63) is 0 Å². The van der Waals surface area contributed by atoms with Crippen molar-refractivity contribution in [2.24, 2.45) is 5.92 Å². The molecular formula is C17H29N3O3. The molecule has 0 aromatic rings. The standard InChI is InChI=1S/C17H29N3O3/c1-2-15-14(5-3-12-23-15)16(21)19-10-6-13(7-11-19)20-9-4-8-18-17(20)22/h13-15H,2-12H2,1H3,(H,18,22)/t14-,15-/m1/s1. The molecule has 0 aliphatic carbocycles. The zero-order chi connectivity index (χ0) is 16.2. The maximum atomic E-state index is 12.8. The van der Waals surface area contributed by atoms with Crippen molar-refractivity contribution in [1.82, 2.24) is 15.1 Å². The minimum absolute atomic E-state index is 0.0311. The van der Waals surface area contributed by atoms with Gasteiger partial charge in [0.15, 0.2) is 0 Å². The number of piperidine rings is 1. The summed E-state index contributed by atoms with van der Waals surface area (Å²) in [4.78, 5) is 28.7. The molecule has 23 heavy (non-hydrogen) atoms. The molecule has 3 aliphatic heterocycles. The Hall–Kier alpha value is -1.30. The van der Waals surface area contributed by atoms with Gasteiger partial charge < -0.3 is 19.9 Å². The van der Waals surface area contributed by atoms with E-state index in [0.29, 0.717) is 0 Å². The van der Waals surface area contributed by atoms with Crippen molar-refractivity contribution >= 4 is 11.9 Å². The van der Waals surface area contributed by atoms with Gasteiger partial charge in [0.2, 0.25) is 5.91 Å². The number of hydrogen-bond donors (Lipinski definition) is 1. The van der Waals surface area contributed by atoms with Crippen LogP contribution < -0.4 is 5.32 Å². The maximum absolute atomic E-state index is 12.8. The van der Waals surface area contributed by atoms with Gasteiger partial charge in [-0.3, -0.25) is 4.79 Å². The number of carbonyl (C=O) groups excluding carboxylic acids is 2. The summed E-state index contributed by atoms with van der Waals surface area (Å²) >= 11 is 0. The molecule has 6 nitrogen and oxygen atoms in total. The highest BCUT2D eigenvalue weighted by Gasteiger charge is 2.36. The number of nitrogens with one attached hydrogen (secondary N) is 1. The molecule has 3 amide bonds. The number of amides is 3. The van der Waals surface area contributed by atoms with Gasteiger partial charge in [0, 0.05) is 38.8 Å². The fourth-order valence-corrected chi connectivity index (χ4v) is 4.15. The Balaban J connectivity index is 1.53. The summed E-state index contributed by atoms with van der Waals surface area (Å²) in [5, 5.41) is 2.92. The van der Waals surface area contributed by atoms with Crippen molar-refractivity contribution < 1.29 is 14.3 Å². The van der Waals surface area contributed by atoms with Crippen LogP contribution in [0.5, 0.6) is 0 Å². The van der Waals surface area contributed by atoms with Crippen LogP contribution in [0.2, 0.25) is 0 Å². The number of carbonyl (C=O) groups is 2. The second-order valence-corrected chi connectivity index (χ2v) is 6.90. The zero-order valence-electron chi connectivity index (χ0n) is 14.1. The van der Waals surface area contributed by atoms with Crippen LogP contribution in [0.1, 0.15) is 45.4 Å². The molecule has 0 bridgehead atoms. The van der Waals surface area contributed by atoms with E-state index in [1.807, 2.05) is 9.80 Å². The average Bonchev–Trinajstić information content (AvgIpc) is 2.61. The van der Waals surface area contributed by atoms with Crippen molar-refractivity contribution in [2.75, 3.05) is 32.8 Å². The van der Waals surface area contributed by atoms with Crippen LogP contribution in [-0.4, -0.2) is 66.7 Å². The first-order chi connectivity index (χ1) is 11.2. The summed E-state index contributed by atoms with van der Waals surface area (Å²) in [6, 6.07) is 0.344. The van der Waals surface area contributed by atoms with E-state index in [4.69, 9.17) is 4.74 Å². The smallest absolute Gasteiger partial charge is 0.317 e. The Morgan fingerprint density at radius 3 is 2.70 bits per heavy atom. The van der Waals surface area contributed by atoms with E-state index in [-0.39, 0.29) is 30.0 Å².